The van der Waals surface area contributed by atoms with Gasteiger partial charge in [-0.25, -0.2) is 0 Å². The van der Waals surface area contributed by atoms with Crippen LogP contribution in [0.2, 0.25) is 0 Å². The summed E-state index contributed by atoms with van der Waals surface area (Å²) in [6, 6.07) is 15.8. The first-order valence-electron chi connectivity index (χ1n) is 7.07. The van der Waals surface area contributed by atoms with Gasteiger partial charge in [0.1, 0.15) is 18.5 Å². The van der Waals surface area contributed by atoms with Crippen molar-refractivity contribution in [3.05, 3.63) is 58.6 Å². The third-order valence-electron chi connectivity index (χ3n) is 3.18. The fourth-order valence-corrected chi connectivity index (χ4v) is 2.33. The van der Waals surface area contributed by atoms with Crippen LogP contribution >= 0.6 is 15.9 Å². The van der Waals surface area contributed by atoms with Crippen LogP contribution in [-0.4, -0.2) is 24.4 Å². The molecule has 0 fully saturated rings. The quantitative estimate of drug-likeness (QED) is 0.797. The number of aliphatic hydroxyl groups excluding tert-OH is 1. The third-order valence-corrected chi connectivity index (χ3v) is 3.87. The summed E-state index contributed by atoms with van der Waals surface area (Å²) in [6.45, 7) is 2.82. The molecule has 0 saturated carbocycles. The standard InChI is InChI=1S/C17H20BrNO2/c1-2-13-7-9-15(10-8-13)21-12-14(20)11-19-17-6-4-3-5-16(17)18/h3-10,14,19-20H,2,11-12H2,1H3. The zero-order valence-electron chi connectivity index (χ0n) is 12.1. The number of hydrogen-bond acceptors (Lipinski definition) is 3. The second-order valence-electron chi connectivity index (χ2n) is 4.82. The van der Waals surface area contributed by atoms with Crippen molar-refractivity contribution < 1.29 is 9.84 Å². The normalized spacial score (nSPS) is 12.0. The van der Waals surface area contributed by atoms with E-state index in [4.69, 9.17) is 4.74 Å². The Hall–Kier alpha value is -1.52. The predicted octanol–water partition coefficient (Wildman–Crippen LogP) is 3.86. The van der Waals surface area contributed by atoms with E-state index in [1.54, 1.807) is 0 Å². The van der Waals surface area contributed by atoms with Gasteiger partial charge in [-0.05, 0) is 52.2 Å². The van der Waals surface area contributed by atoms with E-state index in [9.17, 15) is 5.11 Å². The molecular weight excluding hydrogens is 330 g/mol. The van der Waals surface area contributed by atoms with Crippen molar-refractivity contribution >= 4 is 21.6 Å². The first-order chi connectivity index (χ1) is 10.2. The first-order valence-corrected chi connectivity index (χ1v) is 7.86. The van der Waals surface area contributed by atoms with Crippen LogP contribution in [0.1, 0.15) is 12.5 Å². The van der Waals surface area contributed by atoms with Gasteiger partial charge in [0.05, 0.1) is 0 Å². The summed E-state index contributed by atoms with van der Waals surface area (Å²) in [5, 5.41) is 13.2. The van der Waals surface area contributed by atoms with Gasteiger partial charge in [-0.2, -0.15) is 0 Å². The van der Waals surface area contributed by atoms with E-state index in [2.05, 4.69) is 28.2 Å². The molecule has 1 atom stereocenters. The molecule has 0 radical (unpaired) electrons. The van der Waals surface area contributed by atoms with Gasteiger partial charge in [0, 0.05) is 16.7 Å². The molecule has 0 bridgehead atoms. The molecule has 0 aromatic heterocycles. The second kappa shape index (κ2) is 8.05. The van der Waals surface area contributed by atoms with Crippen molar-refractivity contribution in [2.75, 3.05) is 18.5 Å². The van der Waals surface area contributed by atoms with E-state index < -0.39 is 6.10 Å². The Kier molecular flexibility index (Phi) is 6.08. The summed E-state index contributed by atoms with van der Waals surface area (Å²) < 4.78 is 6.56. The van der Waals surface area contributed by atoms with Gasteiger partial charge in [0.25, 0.3) is 0 Å². The smallest absolute Gasteiger partial charge is 0.119 e. The molecule has 0 spiro atoms. The Morgan fingerprint density at radius 1 is 1.14 bits per heavy atom. The van der Waals surface area contributed by atoms with Crippen LogP contribution in [0.5, 0.6) is 5.75 Å². The lowest BCUT2D eigenvalue weighted by atomic mass is 10.2. The average molecular weight is 350 g/mol. The van der Waals surface area contributed by atoms with Gasteiger partial charge in [0.2, 0.25) is 0 Å². The topological polar surface area (TPSA) is 41.5 Å². The number of ether oxygens (including phenoxy) is 1. The van der Waals surface area contributed by atoms with Gasteiger partial charge >= 0.3 is 0 Å². The number of para-hydroxylation sites is 1. The molecule has 112 valence electrons. The molecule has 0 saturated heterocycles. The molecule has 0 aliphatic rings. The van der Waals surface area contributed by atoms with Gasteiger partial charge in [-0.15, -0.1) is 0 Å². The molecule has 0 heterocycles. The maximum absolute atomic E-state index is 9.96. The fraction of sp³-hybridized carbons (Fsp3) is 0.294. The maximum atomic E-state index is 9.96. The summed E-state index contributed by atoms with van der Waals surface area (Å²) in [5.74, 6) is 0.784. The molecule has 21 heavy (non-hydrogen) atoms. The van der Waals surface area contributed by atoms with Crippen LogP contribution in [0.3, 0.4) is 0 Å². The Labute approximate surface area is 134 Å². The molecule has 0 amide bonds. The predicted molar refractivity (Wildman–Crippen MR) is 90.0 cm³/mol. The van der Waals surface area contributed by atoms with E-state index in [0.29, 0.717) is 6.54 Å². The van der Waals surface area contributed by atoms with Gasteiger partial charge in [-0.1, -0.05) is 31.2 Å². The largest absolute Gasteiger partial charge is 0.491 e. The lowest BCUT2D eigenvalue weighted by Crippen LogP contribution is -2.26. The van der Waals surface area contributed by atoms with E-state index in [1.807, 2.05) is 48.5 Å². The zero-order valence-corrected chi connectivity index (χ0v) is 13.6. The minimum atomic E-state index is -0.567. The number of aliphatic hydroxyl groups is 1. The molecule has 2 aromatic rings. The van der Waals surface area contributed by atoms with Crippen molar-refractivity contribution in [1.29, 1.82) is 0 Å². The number of halogens is 1. The zero-order chi connectivity index (χ0) is 15.1. The SMILES string of the molecule is CCc1ccc(OCC(O)CNc2ccccc2Br)cc1. The highest BCUT2D eigenvalue weighted by Gasteiger charge is 2.06. The molecule has 2 rings (SSSR count). The highest BCUT2D eigenvalue weighted by atomic mass is 79.9. The Morgan fingerprint density at radius 3 is 2.52 bits per heavy atom. The van der Waals surface area contributed by atoms with E-state index in [-0.39, 0.29) is 6.61 Å². The van der Waals surface area contributed by atoms with Crippen molar-refractivity contribution in [1.82, 2.24) is 0 Å². The van der Waals surface area contributed by atoms with Crippen LogP contribution in [0, 0.1) is 0 Å². The van der Waals surface area contributed by atoms with Crippen molar-refractivity contribution in [3.63, 3.8) is 0 Å². The minimum absolute atomic E-state index is 0.267. The van der Waals surface area contributed by atoms with Crippen LogP contribution in [-0.2, 0) is 6.42 Å². The minimum Gasteiger partial charge on any atom is -0.491 e. The molecule has 1 unspecified atom stereocenters. The lowest BCUT2D eigenvalue weighted by Gasteiger charge is -2.15. The lowest BCUT2D eigenvalue weighted by molar-refractivity contribution is 0.117. The van der Waals surface area contributed by atoms with Gasteiger partial charge in [-0.3, -0.25) is 0 Å². The molecular formula is C17H20BrNO2. The monoisotopic (exact) mass is 349 g/mol. The highest BCUT2D eigenvalue weighted by molar-refractivity contribution is 9.10. The number of rotatable bonds is 7. The van der Waals surface area contributed by atoms with Crippen molar-refractivity contribution in [3.8, 4) is 5.75 Å². The molecule has 0 aliphatic carbocycles. The average Bonchev–Trinajstić information content (AvgIpc) is 2.52. The van der Waals surface area contributed by atoms with Crippen molar-refractivity contribution in [2.45, 2.75) is 19.4 Å². The molecule has 3 nitrogen and oxygen atoms in total. The van der Waals surface area contributed by atoms with Gasteiger partial charge in [0.15, 0.2) is 0 Å². The molecule has 0 aliphatic heterocycles. The fourth-order valence-electron chi connectivity index (χ4n) is 1.91. The van der Waals surface area contributed by atoms with Crippen LogP contribution in [0.4, 0.5) is 5.69 Å². The number of anilines is 1. The number of benzene rings is 2. The summed E-state index contributed by atoms with van der Waals surface area (Å²) in [6.07, 6.45) is 0.446. The number of aryl methyl sites for hydroxylation is 1. The molecule has 2 aromatic carbocycles. The summed E-state index contributed by atoms with van der Waals surface area (Å²) in [7, 11) is 0. The first kappa shape index (κ1) is 15.9. The van der Waals surface area contributed by atoms with E-state index in [0.717, 1.165) is 22.3 Å². The molecule has 4 heteroatoms. The van der Waals surface area contributed by atoms with E-state index in [1.165, 1.54) is 5.56 Å². The Bertz CT molecular complexity index is 557. The van der Waals surface area contributed by atoms with Crippen LogP contribution in [0.15, 0.2) is 53.0 Å². The molecule has 2 N–H and O–H groups in total. The van der Waals surface area contributed by atoms with Crippen LogP contribution in [0.25, 0.3) is 0 Å². The summed E-state index contributed by atoms with van der Waals surface area (Å²) in [4.78, 5) is 0. The Balaban J connectivity index is 1.76. The second-order valence-corrected chi connectivity index (χ2v) is 5.68. The van der Waals surface area contributed by atoms with Crippen molar-refractivity contribution in [2.24, 2.45) is 0 Å². The maximum Gasteiger partial charge on any atom is 0.119 e. The summed E-state index contributed by atoms with van der Waals surface area (Å²) >= 11 is 3.46. The number of nitrogens with one attached hydrogen (secondary N) is 1. The van der Waals surface area contributed by atoms with Gasteiger partial charge < -0.3 is 15.2 Å². The number of hydrogen-bond donors (Lipinski definition) is 2. The summed E-state index contributed by atoms with van der Waals surface area (Å²) in [5.41, 5.74) is 2.24. The highest BCUT2D eigenvalue weighted by Crippen LogP contribution is 2.21. The Morgan fingerprint density at radius 2 is 1.86 bits per heavy atom. The third kappa shape index (κ3) is 5.06. The van der Waals surface area contributed by atoms with Crippen LogP contribution < -0.4 is 10.1 Å². The van der Waals surface area contributed by atoms with E-state index >= 15 is 0 Å².